The zero-order chi connectivity index (χ0) is 31.0. The minimum Gasteiger partial charge on any atom is -0.489 e. The predicted molar refractivity (Wildman–Crippen MR) is 175 cm³/mol. The fourth-order valence-corrected chi connectivity index (χ4v) is 7.23. The molecule has 1 N–H and O–H groups in total. The van der Waals surface area contributed by atoms with Crippen molar-refractivity contribution < 1.29 is 23.8 Å². The van der Waals surface area contributed by atoms with Crippen LogP contribution in [0.1, 0.15) is 66.0 Å². The maximum Gasteiger partial charge on any atom is 0.290 e. The van der Waals surface area contributed by atoms with Gasteiger partial charge in [0.15, 0.2) is 0 Å². The van der Waals surface area contributed by atoms with E-state index in [1.54, 1.807) is 6.08 Å². The molecule has 7 nitrogen and oxygen atoms in total. The van der Waals surface area contributed by atoms with E-state index in [1.165, 1.54) is 11.1 Å². The molecular formula is C36H40N2O5S. The zero-order valence-electron chi connectivity index (χ0n) is 26.1. The normalized spacial score (nSPS) is 22.1. The summed E-state index contributed by atoms with van der Waals surface area (Å²) >= 11 is 0.923. The lowest BCUT2D eigenvalue weighted by Crippen LogP contribution is -2.46. The van der Waals surface area contributed by atoms with Gasteiger partial charge in [-0.15, -0.1) is 0 Å². The number of nitrogens with one attached hydrogen (secondary N) is 1. The summed E-state index contributed by atoms with van der Waals surface area (Å²) in [6.45, 7) is 14.1. The molecule has 0 bridgehead atoms. The van der Waals surface area contributed by atoms with Crippen molar-refractivity contribution in [3.63, 3.8) is 0 Å². The average Bonchev–Trinajstić information content (AvgIpc) is 3.46. The summed E-state index contributed by atoms with van der Waals surface area (Å²) in [5, 5.41) is 1.95. The molecule has 2 atom stereocenters. The first-order valence-corrected chi connectivity index (χ1v) is 16.1. The zero-order valence-corrected chi connectivity index (χ0v) is 26.9. The molecule has 0 aromatic heterocycles. The van der Waals surface area contributed by atoms with E-state index in [0.717, 1.165) is 83.7 Å². The number of ether oxygens (including phenoxy) is 3. The Morgan fingerprint density at radius 2 is 1.77 bits per heavy atom. The SMILES string of the molecule is Cc1c(C)c2c(c(C)c1OCc1ccccc1)C(CN1CCC[C@@H](Oc3ccc(/C=C4/SC(=O)NC4=O)cc3)C1)C(C)(C)O2. The van der Waals surface area contributed by atoms with Crippen molar-refractivity contribution >= 4 is 29.0 Å². The lowest BCUT2D eigenvalue weighted by Gasteiger charge is -2.37. The summed E-state index contributed by atoms with van der Waals surface area (Å²) in [6.07, 6.45) is 3.87. The maximum atomic E-state index is 11.9. The van der Waals surface area contributed by atoms with Crippen LogP contribution in [0.2, 0.25) is 0 Å². The first-order chi connectivity index (χ1) is 21.1. The second-order valence-corrected chi connectivity index (χ2v) is 13.6. The number of rotatable bonds is 8. The number of imide groups is 1. The maximum absolute atomic E-state index is 11.9. The average molecular weight is 613 g/mol. The van der Waals surface area contributed by atoms with Crippen LogP contribution in [0.15, 0.2) is 59.5 Å². The Balaban J connectivity index is 1.15. The summed E-state index contributed by atoms with van der Waals surface area (Å²) < 4.78 is 19.6. The molecule has 3 aliphatic rings. The number of likely N-dealkylation sites (tertiary alicyclic amines) is 1. The number of amides is 2. The number of piperidine rings is 1. The molecule has 3 aromatic rings. The highest BCUT2D eigenvalue weighted by Gasteiger charge is 2.45. The quantitative estimate of drug-likeness (QED) is 0.267. The Bertz CT molecular complexity index is 1600. The van der Waals surface area contributed by atoms with Gasteiger partial charge in [0.05, 0.1) is 4.91 Å². The molecule has 0 radical (unpaired) electrons. The van der Waals surface area contributed by atoms with Gasteiger partial charge < -0.3 is 14.2 Å². The van der Waals surface area contributed by atoms with Crippen LogP contribution in [-0.2, 0) is 11.4 Å². The lowest BCUT2D eigenvalue weighted by atomic mass is 9.82. The van der Waals surface area contributed by atoms with Crippen molar-refractivity contribution in [1.29, 1.82) is 0 Å². The standard InChI is InChI=1S/C36H40N2O5S/c1-22-23(2)33-31(24(3)32(22)41-21-26-10-7-6-8-11-26)29(36(4,5)43-33)20-38-17-9-12-28(19-38)42-27-15-13-25(14-16-27)18-30-34(39)37-35(40)44-30/h6-8,10-11,13-16,18,28-29H,9,12,17,19-21H2,1-5H3,(H,37,39,40)/b30-18+/t28-,29?/m1/s1. The number of benzene rings is 3. The Hall–Kier alpha value is -3.75. The van der Waals surface area contributed by atoms with Crippen molar-refractivity contribution in [1.82, 2.24) is 10.2 Å². The summed E-state index contributed by atoms with van der Waals surface area (Å²) in [7, 11) is 0. The topological polar surface area (TPSA) is 77.1 Å². The van der Waals surface area contributed by atoms with Crippen LogP contribution < -0.4 is 19.5 Å². The third kappa shape index (κ3) is 6.24. The highest BCUT2D eigenvalue weighted by atomic mass is 32.2. The van der Waals surface area contributed by atoms with E-state index < -0.39 is 0 Å². The van der Waals surface area contributed by atoms with Crippen molar-refractivity contribution in [3.05, 3.63) is 92.9 Å². The molecule has 3 aromatic carbocycles. The van der Waals surface area contributed by atoms with E-state index >= 15 is 0 Å². The number of thioether (sulfide) groups is 1. The summed E-state index contributed by atoms with van der Waals surface area (Å²) in [4.78, 5) is 26.2. The molecule has 2 fully saturated rings. The molecule has 1 unspecified atom stereocenters. The second kappa shape index (κ2) is 12.3. The van der Waals surface area contributed by atoms with Crippen molar-refractivity contribution in [2.24, 2.45) is 0 Å². The molecule has 8 heteroatoms. The van der Waals surface area contributed by atoms with Crippen LogP contribution in [0.3, 0.4) is 0 Å². The molecular weight excluding hydrogens is 572 g/mol. The van der Waals surface area contributed by atoms with E-state index in [-0.39, 0.29) is 28.8 Å². The second-order valence-electron chi connectivity index (χ2n) is 12.5. The molecule has 0 spiro atoms. The lowest BCUT2D eigenvalue weighted by molar-refractivity contribution is -0.115. The van der Waals surface area contributed by atoms with Gasteiger partial charge in [0, 0.05) is 24.6 Å². The van der Waals surface area contributed by atoms with E-state index in [9.17, 15) is 9.59 Å². The minimum atomic E-state index is -0.350. The number of hydrogen-bond acceptors (Lipinski definition) is 7. The molecule has 6 rings (SSSR count). The van der Waals surface area contributed by atoms with Gasteiger partial charge in [0.2, 0.25) is 0 Å². The third-order valence-corrected chi connectivity index (χ3v) is 9.85. The number of carbonyl (C=O) groups is 2. The summed E-state index contributed by atoms with van der Waals surface area (Å²) in [6, 6.07) is 18.0. The van der Waals surface area contributed by atoms with Gasteiger partial charge in [0.1, 0.15) is 35.6 Å². The van der Waals surface area contributed by atoms with Crippen LogP contribution in [0.25, 0.3) is 6.08 Å². The predicted octanol–water partition coefficient (Wildman–Crippen LogP) is 7.31. The Labute approximate surface area is 264 Å². The van der Waals surface area contributed by atoms with Crippen LogP contribution in [-0.4, -0.2) is 47.4 Å². The Morgan fingerprint density at radius 1 is 1.02 bits per heavy atom. The van der Waals surface area contributed by atoms with Gasteiger partial charge >= 0.3 is 0 Å². The van der Waals surface area contributed by atoms with E-state index in [2.05, 4.69) is 57.0 Å². The Morgan fingerprint density at radius 3 is 2.48 bits per heavy atom. The highest BCUT2D eigenvalue weighted by Crippen LogP contribution is 2.52. The van der Waals surface area contributed by atoms with Crippen LogP contribution in [0, 0.1) is 20.8 Å². The molecule has 2 amide bonds. The van der Waals surface area contributed by atoms with E-state index in [0.29, 0.717) is 11.5 Å². The largest absolute Gasteiger partial charge is 0.489 e. The summed E-state index contributed by atoms with van der Waals surface area (Å²) in [5.74, 6) is 2.63. The van der Waals surface area contributed by atoms with Gasteiger partial charge in [-0.05, 0) is 112 Å². The molecule has 2 saturated heterocycles. The smallest absolute Gasteiger partial charge is 0.290 e. The van der Waals surface area contributed by atoms with Crippen molar-refractivity contribution in [3.8, 4) is 17.2 Å². The fourth-order valence-electron chi connectivity index (χ4n) is 6.55. The van der Waals surface area contributed by atoms with Gasteiger partial charge in [-0.25, -0.2) is 0 Å². The third-order valence-electron chi connectivity index (χ3n) is 9.04. The van der Waals surface area contributed by atoms with Crippen molar-refractivity contribution in [2.75, 3.05) is 19.6 Å². The number of carbonyl (C=O) groups excluding carboxylic acids is 2. The molecule has 0 aliphatic carbocycles. The van der Waals surface area contributed by atoms with Crippen molar-refractivity contribution in [2.45, 2.75) is 71.7 Å². The first-order valence-electron chi connectivity index (χ1n) is 15.3. The van der Waals surface area contributed by atoms with Crippen LogP contribution >= 0.6 is 11.8 Å². The van der Waals surface area contributed by atoms with Gasteiger partial charge in [-0.2, -0.15) is 0 Å². The minimum absolute atomic E-state index is 0.0808. The molecule has 230 valence electrons. The monoisotopic (exact) mass is 612 g/mol. The molecule has 44 heavy (non-hydrogen) atoms. The molecule has 3 heterocycles. The number of nitrogens with zero attached hydrogens (tertiary/aromatic N) is 1. The summed E-state index contributed by atoms with van der Waals surface area (Å²) in [5.41, 5.74) is 6.39. The molecule has 3 aliphatic heterocycles. The van der Waals surface area contributed by atoms with Gasteiger partial charge in [-0.1, -0.05) is 42.5 Å². The number of fused-ring (bicyclic) bond motifs is 1. The van der Waals surface area contributed by atoms with E-state index in [4.69, 9.17) is 14.2 Å². The first kappa shape index (κ1) is 30.3. The van der Waals surface area contributed by atoms with E-state index in [1.807, 2.05) is 42.5 Å². The fraction of sp³-hybridized carbons (Fsp3) is 0.389. The van der Waals surface area contributed by atoms with Gasteiger partial charge in [-0.3, -0.25) is 19.8 Å². The highest BCUT2D eigenvalue weighted by molar-refractivity contribution is 8.18. The molecule has 0 saturated carbocycles. The van der Waals surface area contributed by atoms with Crippen LogP contribution in [0.5, 0.6) is 17.2 Å². The Kier molecular flexibility index (Phi) is 8.49. The van der Waals surface area contributed by atoms with Gasteiger partial charge in [0.25, 0.3) is 11.1 Å². The van der Waals surface area contributed by atoms with Crippen LogP contribution in [0.4, 0.5) is 4.79 Å². The number of hydrogen-bond donors (Lipinski definition) is 1.